The fourth-order valence-electron chi connectivity index (χ4n) is 5.17. The van der Waals surface area contributed by atoms with Crippen LogP contribution in [0.1, 0.15) is 20.3 Å². The summed E-state index contributed by atoms with van der Waals surface area (Å²) >= 11 is 2.79. The fourth-order valence-corrected chi connectivity index (χ4v) is 7.55. The largest absolute Gasteiger partial charge is 0.389 e. The summed E-state index contributed by atoms with van der Waals surface area (Å²) in [5.74, 6) is -0.971. The van der Waals surface area contributed by atoms with Crippen molar-refractivity contribution in [2.45, 2.75) is 48.2 Å². The highest BCUT2D eigenvalue weighted by atomic mass is 32.2. The Hall–Kier alpha value is -2.35. The normalized spacial score (nSPS) is 28.6. The first-order valence-electron chi connectivity index (χ1n) is 11.9. The van der Waals surface area contributed by atoms with E-state index in [4.69, 9.17) is 4.84 Å². The molecule has 2 aromatic rings. The summed E-state index contributed by atoms with van der Waals surface area (Å²) in [6.07, 6.45) is 3.05. The van der Waals surface area contributed by atoms with Gasteiger partial charge in [-0.3, -0.25) is 19.3 Å². The van der Waals surface area contributed by atoms with Gasteiger partial charge in [-0.25, -0.2) is 19.8 Å². The Morgan fingerprint density at radius 3 is 2.83 bits per heavy atom. The third kappa shape index (κ3) is 4.15. The van der Waals surface area contributed by atoms with E-state index in [1.807, 2.05) is 36.8 Å². The molecule has 36 heavy (non-hydrogen) atoms. The number of β-amino-alcohol motifs (C(OH)–C–C–N with tert-alkyl or cyclic N) is 1. The number of imidazole rings is 1. The Bertz CT molecular complexity index is 1210. The SMILES string of the molecule is CSc1nc2cccnc2n1CC1(C(=O)N2C[C@H](O)CO2)CC2C(=O)N(C)C(=O)N(CC(C)C)C2S1. The van der Waals surface area contributed by atoms with E-state index in [-0.39, 0.29) is 49.9 Å². The monoisotopic (exact) mass is 534 g/mol. The van der Waals surface area contributed by atoms with Crippen molar-refractivity contribution in [3.05, 3.63) is 18.3 Å². The molecule has 3 unspecified atom stereocenters. The van der Waals surface area contributed by atoms with E-state index in [0.717, 1.165) is 0 Å². The second-order valence-electron chi connectivity index (χ2n) is 9.89. The Kier molecular flexibility index (Phi) is 6.68. The van der Waals surface area contributed by atoms with Crippen LogP contribution >= 0.6 is 23.5 Å². The minimum Gasteiger partial charge on any atom is -0.389 e. The third-order valence-corrected chi connectivity index (χ3v) is 9.19. The number of aliphatic hydroxyl groups is 1. The first-order chi connectivity index (χ1) is 17.1. The summed E-state index contributed by atoms with van der Waals surface area (Å²) in [6, 6.07) is 3.33. The van der Waals surface area contributed by atoms with Gasteiger partial charge in [-0.1, -0.05) is 25.6 Å². The molecule has 3 saturated heterocycles. The van der Waals surface area contributed by atoms with E-state index < -0.39 is 22.1 Å². The molecule has 0 saturated carbocycles. The molecule has 5 rings (SSSR count). The van der Waals surface area contributed by atoms with Gasteiger partial charge in [0.1, 0.15) is 16.9 Å². The molecule has 0 aliphatic carbocycles. The van der Waals surface area contributed by atoms with Crippen LogP contribution in [0, 0.1) is 11.8 Å². The molecule has 3 fully saturated rings. The summed E-state index contributed by atoms with van der Waals surface area (Å²) in [5, 5.41) is 11.5. The van der Waals surface area contributed by atoms with Crippen LogP contribution in [0.4, 0.5) is 4.79 Å². The number of pyridine rings is 1. The summed E-state index contributed by atoms with van der Waals surface area (Å²) in [4.78, 5) is 58.1. The number of amides is 4. The van der Waals surface area contributed by atoms with E-state index >= 15 is 0 Å². The molecule has 11 nitrogen and oxygen atoms in total. The first kappa shape index (κ1) is 25.3. The maximum atomic E-state index is 14.1. The zero-order valence-corrected chi connectivity index (χ0v) is 22.3. The van der Waals surface area contributed by atoms with E-state index in [2.05, 4.69) is 9.97 Å². The maximum absolute atomic E-state index is 14.1. The average molecular weight is 535 g/mol. The lowest BCUT2D eigenvalue weighted by Gasteiger charge is -2.41. The van der Waals surface area contributed by atoms with Gasteiger partial charge in [0.2, 0.25) is 5.91 Å². The number of hydroxylamine groups is 2. The van der Waals surface area contributed by atoms with Crippen LogP contribution in [0.5, 0.6) is 0 Å². The minimum absolute atomic E-state index is 0.0323. The number of fused-ring (bicyclic) bond motifs is 2. The molecule has 194 valence electrons. The molecule has 1 N–H and O–H groups in total. The molecule has 0 aromatic carbocycles. The van der Waals surface area contributed by atoms with Crippen LogP contribution in [-0.2, 0) is 21.0 Å². The van der Waals surface area contributed by atoms with Crippen LogP contribution in [0.2, 0.25) is 0 Å². The highest BCUT2D eigenvalue weighted by Crippen LogP contribution is 2.53. The second kappa shape index (κ2) is 9.51. The van der Waals surface area contributed by atoms with Gasteiger partial charge >= 0.3 is 6.03 Å². The topological polar surface area (TPSA) is 121 Å². The van der Waals surface area contributed by atoms with Crippen molar-refractivity contribution in [1.29, 1.82) is 0 Å². The van der Waals surface area contributed by atoms with E-state index in [9.17, 15) is 19.5 Å². The standard InChI is InChI=1S/C23H30N6O5S2/c1-13(2)9-27-19-15(18(31)26(3)22(27)33)8-23(36-19,20(32)29-10-14(30)11-34-29)12-28-17-16(6-5-7-24-17)25-21(28)35-4/h5-7,13-15,19,30H,8-12H2,1-4H3/t14-,15?,19?,23?/m0/s1. The van der Waals surface area contributed by atoms with Crippen molar-refractivity contribution in [1.82, 2.24) is 29.4 Å². The lowest BCUT2D eigenvalue weighted by molar-refractivity contribution is -0.172. The van der Waals surface area contributed by atoms with Crippen molar-refractivity contribution in [2.75, 3.05) is 33.0 Å². The summed E-state index contributed by atoms with van der Waals surface area (Å²) < 4.78 is 0.781. The van der Waals surface area contributed by atoms with Crippen molar-refractivity contribution < 1.29 is 24.3 Å². The van der Waals surface area contributed by atoms with Crippen molar-refractivity contribution in [2.24, 2.45) is 11.8 Å². The average Bonchev–Trinajstić information content (AvgIpc) is 3.56. The van der Waals surface area contributed by atoms with Crippen LogP contribution in [-0.4, -0.2) is 102 Å². The lowest BCUT2D eigenvalue weighted by Crippen LogP contribution is -2.58. The van der Waals surface area contributed by atoms with E-state index in [0.29, 0.717) is 22.9 Å². The number of urea groups is 1. The molecular formula is C23H30N6O5S2. The Morgan fingerprint density at radius 2 is 2.17 bits per heavy atom. The van der Waals surface area contributed by atoms with Crippen molar-refractivity contribution in [3.8, 4) is 0 Å². The zero-order valence-electron chi connectivity index (χ0n) is 20.7. The number of aromatic nitrogens is 3. The molecule has 4 atom stereocenters. The Morgan fingerprint density at radius 1 is 1.39 bits per heavy atom. The van der Waals surface area contributed by atoms with Gasteiger partial charge in [-0.05, 0) is 30.7 Å². The molecule has 2 aromatic heterocycles. The molecular weight excluding hydrogens is 504 g/mol. The van der Waals surface area contributed by atoms with Gasteiger partial charge in [-0.15, -0.1) is 11.8 Å². The van der Waals surface area contributed by atoms with Crippen LogP contribution in [0.15, 0.2) is 23.5 Å². The number of carbonyl (C=O) groups excluding carboxylic acids is 3. The van der Waals surface area contributed by atoms with Gasteiger partial charge in [0.15, 0.2) is 10.8 Å². The highest BCUT2D eigenvalue weighted by Gasteiger charge is 2.61. The van der Waals surface area contributed by atoms with Gasteiger partial charge in [-0.2, -0.15) is 0 Å². The number of hydrogen-bond acceptors (Lipinski definition) is 9. The predicted octanol–water partition coefficient (Wildman–Crippen LogP) is 1.66. The molecule has 0 radical (unpaired) electrons. The highest BCUT2D eigenvalue weighted by molar-refractivity contribution is 8.02. The third-order valence-electron chi connectivity index (χ3n) is 6.77. The Labute approximate surface area is 217 Å². The van der Waals surface area contributed by atoms with Gasteiger partial charge < -0.3 is 14.6 Å². The molecule has 0 bridgehead atoms. The first-order valence-corrected chi connectivity index (χ1v) is 14.0. The summed E-state index contributed by atoms with van der Waals surface area (Å²) in [7, 11) is 1.50. The van der Waals surface area contributed by atoms with E-state index in [1.165, 1.54) is 40.5 Å². The molecule has 5 heterocycles. The van der Waals surface area contributed by atoms with Crippen LogP contribution < -0.4 is 0 Å². The Balaban J connectivity index is 1.59. The van der Waals surface area contributed by atoms with Crippen molar-refractivity contribution in [3.63, 3.8) is 0 Å². The van der Waals surface area contributed by atoms with Crippen molar-refractivity contribution >= 4 is 52.5 Å². The molecule has 4 amide bonds. The maximum Gasteiger partial charge on any atom is 0.327 e. The molecule has 13 heteroatoms. The molecule has 0 spiro atoms. The molecule has 3 aliphatic rings. The predicted molar refractivity (Wildman–Crippen MR) is 135 cm³/mol. The minimum atomic E-state index is -1.13. The number of nitrogens with zero attached hydrogens (tertiary/aromatic N) is 6. The number of hydrogen-bond donors (Lipinski definition) is 1. The number of carbonyl (C=O) groups is 3. The molecule has 3 aliphatic heterocycles. The number of thioether (sulfide) groups is 2. The number of rotatable bonds is 6. The summed E-state index contributed by atoms with van der Waals surface area (Å²) in [5.41, 5.74) is 1.36. The smallest absolute Gasteiger partial charge is 0.327 e. The number of imide groups is 1. The quantitative estimate of drug-likeness (QED) is 0.552. The lowest BCUT2D eigenvalue weighted by atomic mass is 9.90. The van der Waals surface area contributed by atoms with Crippen LogP contribution in [0.25, 0.3) is 11.2 Å². The van der Waals surface area contributed by atoms with E-state index in [1.54, 1.807) is 11.1 Å². The zero-order chi connectivity index (χ0) is 25.8. The summed E-state index contributed by atoms with van der Waals surface area (Å²) in [6.45, 7) is 4.79. The van der Waals surface area contributed by atoms with Crippen LogP contribution in [0.3, 0.4) is 0 Å². The fraction of sp³-hybridized carbons (Fsp3) is 0.609. The van der Waals surface area contributed by atoms with Gasteiger partial charge in [0.05, 0.1) is 30.5 Å². The second-order valence-corrected chi connectivity index (χ2v) is 12.2. The van der Waals surface area contributed by atoms with Gasteiger partial charge in [0, 0.05) is 19.8 Å². The van der Waals surface area contributed by atoms with Gasteiger partial charge in [0.25, 0.3) is 5.91 Å². The number of aliphatic hydroxyl groups excluding tert-OH is 1.